The van der Waals surface area contributed by atoms with Crippen LogP contribution in [-0.2, 0) is 19.1 Å². The van der Waals surface area contributed by atoms with E-state index < -0.39 is 29.1 Å². The standard InChI is InChI=1S/C27H39N3O4/c1-4-16-30-22(24(32)28-18-11-6-5-7-12-18)27-15-14-26(3,34-27)20(21(27)25(30)33)23(31)29-19-13-9-8-10-17(19)2/h4,14-15,17-22H,1,5-13,16H2,2-3H3,(H,28,32)(H,29,31)/t17-,19-,20-,21+,22-,26-,27+/m1/s1. The number of amides is 3. The van der Waals surface area contributed by atoms with E-state index in [-0.39, 0.29) is 36.3 Å². The van der Waals surface area contributed by atoms with Crippen LogP contribution in [0, 0.1) is 17.8 Å². The summed E-state index contributed by atoms with van der Waals surface area (Å²) in [6, 6.07) is -0.549. The number of carbonyl (C=O) groups excluding carboxylic acids is 3. The second kappa shape index (κ2) is 8.81. The molecule has 5 aliphatic rings. The molecule has 3 heterocycles. The van der Waals surface area contributed by atoms with Crippen molar-refractivity contribution < 1.29 is 19.1 Å². The summed E-state index contributed by atoms with van der Waals surface area (Å²) in [5.74, 6) is -1.44. The zero-order chi connectivity index (χ0) is 24.1. The lowest BCUT2D eigenvalue weighted by molar-refractivity contribution is -0.145. The summed E-state index contributed by atoms with van der Waals surface area (Å²) in [7, 11) is 0. The average molecular weight is 470 g/mol. The Hall–Kier alpha value is -2.15. The summed E-state index contributed by atoms with van der Waals surface area (Å²) in [5, 5.41) is 6.47. The molecule has 2 saturated carbocycles. The molecule has 1 spiro atoms. The summed E-state index contributed by atoms with van der Waals surface area (Å²) in [4.78, 5) is 42.7. The third kappa shape index (κ3) is 3.62. The predicted molar refractivity (Wildman–Crippen MR) is 129 cm³/mol. The van der Waals surface area contributed by atoms with Gasteiger partial charge in [-0.1, -0.05) is 57.3 Å². The molecule has 0 radical (unpaired) electrons. The van der Waals surface area contributed by atoms with E-state index in [0.29, 0.717) is 5.92 Å². The van der Waals surface area contributed by atoms with Crippen LogP contribution in [0.5, 0.6) is 0 Å². The monoisotopic (exact) mass is 469 g/mol. The first-order chi connectivity index (χ1) is 16.3. The molecular weight excluding hydrogens is 430 g/mol. The van der Waals surface area contributed by atoms with Gasteiger partial charge in [0.1, 0.15) is 11.6 Å². The summed E-state index contributed by atoms with van der Waals surface area (Å²) in [6.07, 6.45) is 15.1. The van der Waals surface area contributed by atoms with Crippen LogP contribution in [0.25, 0.3) is 0 Å². The fraction of sp³-hybridized carbons (Fsp3) is 0.741. The topological polar surface area (TPSA) is 87.7 Å². The Morgan fingerprint density at radius 2 is 1.79 bits per heavy atom. The Kier molecular flexibility index (Phi) is 6.11. The van der Waals surface area contributed by atoms with E-state index in [1.807, 2.05) is 19.1 Å². The van der Waals surface area contributed by atoms with Gasteiger partial charge >= 0.3 is 0 Å². The maximum atomic E-state index is 13.8. The van der Waals surface area contributed by atoms with Crippen molar-refractivity contribution in [3.05, 3.63) is 24.8 Å². The highest BCUT2D eigenvalue weighted by atomic mass is 16.5. The largest absolute Gasteiger partial charge is 0.356 e. The van der Waals surface area contributed by atoms with E-state index >= 15 is 0 Å². The molecule has 4 fully saturated rings. The van der Waals surface area contributed by atoms with Crippen LogP contribution < -0.4 is 10.6 Å². The lowest BCUT2D eigenvalue weighted by Crippen LogP contribution is -2.56. The molecule has 0 aromatic heterocycles. The Bertz CT molecular complexity index is 896. The van der Waals surface area contributed by atoms with Crippen molar-refractivity contribution in [3.63, 3.8) is 0 Å². The SMILES string of the molecule is C=CCN1C(=O)[C@@H]2[C@H](C(=O)N[C@@H]3CCCC[C@H]3C)[C@@]3(C)C=C[C@@]2(O3)[C@H]1C(=O)NC1CCCCC1. The molecule has 0 unspecified atom stereocenters. The third-order valence-corrected chi connectivity index (χ3v) is 9.04. The zero-order valence-corrected chi connectivity index (χ0v) is 20.6. The van der Waals surface area contributed by atoms with Crippen molar-refractivity contribution in [1.82, 2.24) is 15.5 Å². The van der Waals surface area contributed by atoms with E-state index in [1.165, 1.54) is 12.8 Å². The number of ether oxygens (including phenoxy) is 1. The van der Waals surface area contributed by atoms with Gasteiger partial charge in [-0.2, -0.15) is 0 Å². The molecule has 2 saturated heterocycles. The van der Waals surface area contributed by atoms with Crippen LogP contribution in [0.3, 0.4) is 0 Å². The van der Waals surface area contributed by atoms with Crippen LogP contribution in [0.2, 0.25) is 0 Å². The summed E-state index contributed by atoms with van der Waals surface area (Å²) in [5.41, 5.74) is -2.01. The Morgan fingerprint density at radius 3 is 2.50 bits per heavy atom. The van der Waals surface area contributed by atoms with E-state index in [4.69, 9.17) is 4.74 Å². The molecule has 3 amide bonds. The maximum Gasteiger partial charge on any atom is 0.246 e. The number of rotatable bonds is 6. The van der Waals surface area contributed by atoms with Gasteiger partial charge in [0.2, 0.25) is 17.7 Å². The minimum absolute atomic E-state index is 0.120. The van der Waals surface area contributed by atoms with Gasteiger partial charge in [-0.15, -0.1) is 6.58 Å². The van der Waals surface area contributed by atoms with Gasteiger partial charge in [0, 0.05) is 18.6 Å². The quantitative estimate of drug-likeness (QED) is 0.586. The van der Waals surface area contributed by atoms with Crippen molar-refractivity contribution in [2.45, 2.75) is 101 Å². The number of hydrogen-bond acceptors (Lipinski definition) is 4. The Labute approximate surface area is 202 Å². The summed E-state index contributed by atoms with van der Waals surface area (Å²) >= 11 is 0. The van der Waals surface area contributed by atoms with Crippen LogP contribution in [-0.4, -0.2) is 58.5 Å². The maximum absolute atomic E-state index is 13.8. The molecule has 2 bridgehead atoms. The first-order valence-corrected chi connectivity index (χ1v) is 13.2. The first kappa shape index (κ1) is 23.6. The minimum Gasteiger partial charge on any atom is -0.356 e. The minimum atomic E-state index is -1.12. The Morgan fingerprint density at radius 1 is 1.09 bits per heavy atom. The molecule has 34 heavy (non-hydrogen) atoms. The molecule has 5 rings (SSSR count). The van der Waals surface area contributed by atoms with Gasteiger partial charge < -0.3 is 20.3 Å². The third-order valence-electron chi connectivity index (χ3n) is 9.04. The van der Waals surface area contributed by atoms with Gasteiger partial charge in [0.05, 0.1) is 17.4 Å². The smallest absolute Gasteiger partial charge is 0.246 e. The normalized spacial score (nSPS) is 41.4. The van der Waals surface area contributed by atoms with Crippen LogP contribution in [0.15, 0.2) is 24.8 Å². The molecular formula is C27H39N3O4. The van der Waals surface area contributed by atoms with Crippen molar-refractivity contribution in [1.29, 1.82) is 0 Å². The van der Waals surface area contributed by atoms with Crippen molar-refractivity contribution in [3.8, 4) is 0 Å². The van der Waals surface area contributed by atoms with E-state index in [9.17, 15) is 14.4 Å². The molecule has 7 atom stereocenters. The molecule has 2 aliphatic carbocycles. The molecule has 3 aliphatic heterocycles. The fourth-order valence-electron chi connectivity index (χ4n) is 7.30. The average Bonchev–Trinajstić information content (AvgIpc) is 3.37. The molecule has 0 aromatic rings. The summed E-state index contributed by atoms with van der Waals surface area (Å²) < 4.78 is 6.56. The van der Waals surface area contributed by atoms with E-state index in [2.05, 4.69) is 24.1 Å². The number of likely N-dealkylation sites (tertiary alicyclic amines) is 1. The number of fused-ring (bicyclic) bond motifs is 1. The molecule has 7 heteroatoms. The van der Waals surface area contributed by atoms with Gasteiger partial charge in [0.15, 0.2) is 0 Å². The first-order valence-electron chi connectivity index (χ1n) is 13.2. The highest BCUT2D eigenvalue weighted by molar-refractivity contribution is 6.00. The highest BCUT2D eigenvalue weighted by Gasteiger charge is 2.76. The number of nitrogens with zero attached hydrogens (tertiary/aromatic N) is 1. The Balaban J connectivity index is 1.43. The van der Waals surface area contributed by atoms with Gasteiger partial charge in [-0.05, 0) is 38.5 Å². The number of hydrogen-bond donors (Lipinski definition) is 2. The van der Waals surface area contributed by atoms with Crippen molar-refractivity contribution in [2.75, 3.05) is 6.54 Å². The molecule has 2 N–H and O–H groups in total. The molecule has 186 valence electrons. The van der Waals surface area contributed by atoms with Crippen LogP contribution >= 0.6 is 0 Å². The van der Waals surface area contributed by atoms with Gasteiger partial charge in [-0.3, -0.25) is 14.4 Å². The van der Waals surface area contributed by atoms with Gasteiger partial charge in [0.25, 0.3) is 0 Å². The van der Waals surface area contributed by atoms with Crippen LogP contribution in [0.1, 0.15) is 71.6 Å². The second-order valence-corrected chi connectivity index (χ2v) is 11.3. The number of nitrogens with one attached hydrogen (secondary N) is 2. The lowest BCUT2D eigenvalue weighted by Gasteiger charge is -2.34. The zero-order valence-electron chi connectivity index (χ0n) is 20.6. The van der Waals surface area contributed by atoms with Crippen molar-refractivity contribution >= 4 is 17.7 Å². The fourth-order valence-corrected chi connectivity index (χ4v) is 7.30. The summed E-state index contributed by atoms with van der Waals surface area (Å²) in [6.45, 7) is 8.13. The number of carbonyl (C=O) groups is 3. The predicted octanol–water partition coefficient (Wildman–Crippen LogP) is 2.86. The second-order valence-electron chi connectivity index (χ2n) is 11.3. The molecule has 0 aromatic carbocycles. The van der Waals surface area contributed by atoms with Crippen LogP contribution in [0.4, 0.5) is 0 Å². The van der Waals surface area contributed by atoms with Crippen molar-refractivity contribution in [2.24, 2.45) is 17.8 Å². The van der Waals surface area contributed by atoms with E-state index in [1.54, 1.807) is 11.0 Å². The van der Waals surface area contributed by atoms with Gasteiger partial charge in [-0.25, -0.2) is 0 Å². The highest BCUT2D eigenvalue weighted by Crippen LogP contribution is 2.59. The molecule has 7 nitrogen and oxygen atoms in total. The lowest BCUT2D eigenvalue weighted by atomic mass is 9.70. The van der Waals surface area contributed by atoms with E-state index in [0.717, 1.165) is 44.9 Å².